The average Bonchev–Trinajstić information content (AvgIpc) is 2.94. The third-order valence-electron chi connectivity index (χ3n) is 3.19. The minimum atomic E-state index is -0.163. The van der Waals surface area contributed by atoms with Crippen molar-refractivity contribution in [2.45, 2.75) is 19.9 Å². The molecule has 0 spiro atoms. The van der Waals surface area contributed by atoms with Gasteiger partial charge < -0.3 is 10.2 Å². The molecular weight excluding hydrogens is 308 g/mol. The molecule has 0 bridgehead atoms. The summed E-state index contributed by atoms with van der Waals surface area (Å²) in [4.78, 5) is 14.1. The number of aromatic nitrogens is 2. The standard InChI is InChI=1S/C14H17ClN4OS/c1-4-16-14-18-17-12(21-14)13(20)19(3)9(2)10-7-5-6-8-11(10)15/h5-9H,4H2,1-3H3,(H,16,18). The van der Waals surface area contributed by atoms with Gasteiger partial charge in [0.05, 0.1) is 6.04 Å². The smallest absolute Gasteiger partial charge is 0.285 e. The van der Waals surface area contributed by atoms with Gasteiger partial charge in [-0.25, -0.2) is 0 Å². The van der Waals surface area contributed by atoms with Gasteiger partial charge in [0.1, 0.15) is 0 Å². The summed E-state index contributed by atoms with van der Waals surface area (Å²) >= 11 is 7.44. The number of anilines is 1. The number of carbonyl (C=O) groups is 1. The van der Waals surface area contributed by atoms with Gasteiger partial charge >= 0.3 is 0 Å². The summed E-state index contributed by atoms with van der Waals surface area (Å²) in [6.45, 7) is 4.65. The summed E-state index contributed by atoms with van der Waals surface area (Å²) in [5.74, 6) is -0.163. The van der Waals surface area contributed by atoms with Gasteiger partial charge in [0.2, 0.25) is 10.1 Å². The van der Waals surface area contributed by atoms with Gasteiger partial charge in [0.15, 0.2) is 0 Å². The highest BCUT2D eigenvalue weighted by Crippen LogP contribution is 2.28. The molecule has 0 radical (unpaired) electrons. The van der Waals surface area contributed by atoms with Crippen molar-refractivity contribution >= 4 is 34.0 Å². The first-order valence-electron chi connectivity index (χ1n) is 6.63. The molecule has 0 aliphatic carbocycles. The summed E-state index contributed by atoms with van der Waals surface area (Å²) in [6, 6.07) is 7.37. The van der Waals surface area contributed by atoms with Crippen LogP contribution in [0.4, 0.5) is 5.13 Å². The summed E-state index contributed by atoms with van der Waals surface area (Å²) < 4.78 is 0. The SMILES string of the molecule is CCNc1nnc(C(=O)N(C)C(C)c2ccccc2Cl)s1. The van der Waals surface area contributed by atoms with Crippen LogP contribution in [0.1, 0.15) is 35.3 Å². The molecule has 1 amide bonds. The Morgan fingerprint density at radius 1 is 1.43 bits per heavy atom. The number of nitrogens with one attached hydrogen (secondary N) is 1. The number of benzene rings is 1. The predicted molar refractivity (Wildman–Crippen MR) is 86.0 cm³/mol. The third-order valence-corrected chi connectivity index (χ3v) is 4.41. The van der Waals surface area contributed by atoms with E-state index < -0.39 is 0 Å². The number of carbonyl (C=O) groups excluding carboxylic acids is 1. The highest BCUT2D eigenvalue weighted by atomic mass is 35.5. The molecule has 1 N–H and O–H groups in total. The molecule has 2 rings (SSSR count). The zero-order valence-electron chi connectivity index (χ0n) is 12.1. The maximum Gasteiger partial charge on any atom is 0.285 e. The molecule has 21 heavy (non-hydrogen) atoms. The van der Waals surface area contributed by atoms with Crippen molar-refractivity contribution < 1.29 is 4.79 Å². The van der Waals surface area contributed by atoms with Gasteiger partial charge in [-0.3, -0.25) is 4.79 Å². The van der Waals surface area contributed by atoms with Crippen LogP contribution in [0.25, 0.3) is 0 Å². The molecule has 7 heteroatoms. The van der Waals surface area contributed by atoms with Crippen LogP contribution in [0.3, 0.4) is 0 Å². The van der Waals surface area contributed by atoms with Gasteiger partial charge in [-0.2, -0.15) is 0 Å². The fourth-order valence-electron chi connectivity index (χ4n) is 1.88. The van der Waals surface area contributed by atoms with Crippen LogP contribution in [-0.2, 0) is 0 Å². The van der Waals surface area contributed by atoms with Crippen molar-refractivity contribution in [3.05, 3.63) is 39.9 Å². The zero-order valence-corrected chi connectivity index (χ0v) is 13.7. The first kappa shape index (κ1) is 15.7. The maximum absolute atomic E-state index is 12.5. The monoisotopic (exact) mass is 324 g/mol. The molecule has 1 unspecified atom stereocenters. The molecule has 0 aliphatic heterocycles. The molecule has 0 fully saturated rings. The second-order valence-electron chi connectivity index (χ2n) is 4.56. The van der Waals surface area contributed by atoms with E-state index in [0.29, 0.717) is 15.2 Å². The first-order valence-corrected chi connectivity index (χ1v) is 7.83. The second-order valence-corrected chi connectivity index (χ2v) is 5.94. The molecule has 0 saturated heterocycles. The van der Waals surface area contributed by atoms with Crippen LogP contribution in [-0.4, -0.2) is 34.6 Å². The number of amides is 1. The summed E-state index contributed by atoms with van der Waals surface area (Å²) in [5.41, 5.74) is 0.909. The highest BCUT2D eigenvalue weighted by Gasteiger charge is 2.23. The molecule has 1 aromatic carbocycles. The summed E-state index contributed by atoms with van der Waals surface area (Å²) in [6.07, 6.45) is 0. The third kappa shape index (κ3) is 3.51. The molecule has 1 heterocycles. The van der Waals surface area contributed by atoms with Crippen molar-refractivity contribution in [3.8, 4) is 0 Å². The Kier molecular flexibility index (Phi) is 5.14. The van der Waals surface area contributed by atoms with Crippen LogP contribution in [0, 0.1) is 0 Å². The van der Waals surface area contributed by atoms with Crippen molar-refractivity contribution in [1.29, 1.82) is 0 Å². The van der Waals surface area contributed by atoms with E-state index in [2.05, 4.69) is 15.5 Å². The Labute approximate surface area is 133 Å². The van der Waals surface area contributed by atoms with Crippen LogP contribution < -0.4 is 5.32 Å². The van der Waals surface area contributed by atoms with E-state index in [9.17, 15) is 4.79 Å². The minimum Gasteiger partial charge on any atom is -0.360 e. The maximum atomic E-state index is 12.5. The number of hydrogen-bond donors (Lipinski definition) is 1. The normalized spacial score (nSPS) is 12.0. The fourth-order valence-corrected chi connectivity index (χ4v) is 2.97. The van der Waals surface area contributed by atoms with Gasteiger partial charge in [0, 0.05) is 18.6 Å². The van der Waals surface area contributed by atoms with Crippen LogP contribution >= 0.6 is 22.9 Å². The topological polar surface area (TPSA) is 58.1 Å². The zero-order chi connectivity index (χ0) is 15.4. The van der Waals surface area contributed by atoms with Crippen LogP contribution in [0.15, 0.2) is 24.3 Å². The van der Waals surface area contributed by atoms with E-state index in [1.54, 1.807) is 11.9 Å². The van der Waals surface area contributed by atoms with Crippen LogP contribution in [0.5, 0.6) is 0 Å². The largest absolute Gasteiger partial charge is 0.360 e. The lowest BCUT2D eigenvalue weighted by molar-refractivity contribution is 0.0741. The first-order chi connectivity index (χ1) is 10.0. The minimum absolute atomic E-state index is 0.141. The van der Waals surface area contributed by atoms with E-state index >= 15 is 0 Å². The van der Waals surface area contributed by atoms with Crippen molar-refractivity contribution in [2.24, 2.45) is 0 Å². The molecule has 1 atom stereocenters. The van der Waals surface area contributed by atoms with Gasteiger partial charge in [0.25, 0.3) is 5.91 Å². The number of rotatable bonds is 5. The summed E-state index contributed by atoms with van der Waals surface area (Å²) in [5, 5.41) is 12.6. The van der Waals surface area contributed by atoms with E-state index in [0.717, 1.165) is 12.1 Å². The van der Waals surface area contributed by atoms with Gasteiger partial charge in [-0.05, 0) is 25.5 Å². The lowest BCUT2D eigenvalue weighted by atomic mass is 10.1. The molecule has 5 nitrogen and oxygen atoms in total. The second kappa shape index (κ2) is 6.87. The molecule has 1 aromatic heterocycles. The quantitative estimate of drug-likeness (QED) is 0.915. The Balaban J connectivity index is 2.16. The number of nitrogens with zero attached hydrogens (tertiary/aromatic N) is 3. The summed E-state index contributed by atoms with van der Waals surface area (Å²) in [7, 11) is 1.74. The van der Waals surface area contributed by atoms with E-state index in [1.807, 2.05) is 38.1 Å². The van der Waals surface area contributed by atoms with E-state index in [1.165, 1.54) is 11.3 Å². The van der Waals surface area contributed by atoms with Crippen molar-refractivity contribution in [3.63, 3.8) is 0 Å². The van der Waals surface area contributed by atoms with Crippen LogP contribution in [0.2, 0.25) is 5.02 Å². The predicted octanol–water partition coefficient (Wildman–Crippen LogP) is 3.46. The Hall–Kier alpha value is -1.66. The Morgan fingerprint density at radius 3 is 2.81 bits per heavy atom. The molecule has 0 saturated carbocycles. The Morgan fingerprint density at radius 2 is 2.14 bits per heavy atom. The Bertz CT molecular complexity index is 631. The van der Waals surface area contributed by atoms with E-state index in [4.69, 9.17) is 11.6 Å². The highest BCUT2D eigenvalue weighted by molar-refractivity contribution is 7.17. The van der Waals surface area contributed by atoms with Crippen molar-refractivity contribution in [1.82, 2.24) is 15.1 Å². The lowest BCUT2D eigenvalue weighted by Gasteiger charge is -2.25. The fraction of sp³-hybridized carbons (Fsp3) is 0.357. The van der Waals surface area contributed by atoms with Gasteiger partial charge in [-0.15, -0.1) is 10.2 Å². The molecule has 2 aromatic rings. The van der Waals surface area contributed by atoms with E-state index in [-0.39, 0.29) is 11.9 Å². The average molecular weight is 325 g/mol. The van der Waals surface area contributed by atoms with Gasteiger partial charge in [-0.1, -0.05) is 41.1 Å². The molecule has 112 valence electrons. The lowest BCUT2D eigenvalue weighted by Crippen LogP contribution is -2.29. The molecule has 0 aliphatic rings. The number of hydrogen-bond acceptors (Lipinski definition) is 5. The molecular formula is C14H17ClN4OS. The van der Waals surface area contributed by atoms with Crippen molar-refractivity contribution in [2.75, 3.05) is 18.9 Å². The number of halogens is 1.